The van der Waals surface area contributed by atoms with E-state index in [9.17, 15) is 27.2 Å². The minimum atomic E-state index is -2.74. The topological polar surface area (TPSA) is 101 Å². The Kier molecular flexibility index (Phi) is 8.97. The molecule has 1 aliphatic heterocycles. The highest BCUT2D eigenvalue weighted by Gasteiger charge is 2.35. The third-order valence-electron chi connectivity index (χ3n) is 8.35. The molecule has 2 amide bonds. The number of nitrogen functional groups attached to an aromatic ring is 1. The van der Waals surface area contributed by atoms with Gasteiger partial charge in [-0.15, -0.1) is 0 Å². The van der Waals surface area contributed by atoms with Crippen molar-refractivity contribution in [2.75, 3.05) is 18.8 Å². The average molecular weight is 645 g/mol. The molecule has 0 bridgehead atoms. The fourth-order valence-corrected chi connectivity index (χ4v) is 5.61. The largest absolute Gasteiger partial charge is 0.459 e. The van der Waals surface area contributed by atoms with E-state index in [0.717, 1.165) is 23.6 Å². The summed E-state index contributed by atoms with van der Waals surface area (Å²) in [5.41, 5.74) is 9.50. The fourth-order valence-electron chi connectivity index (χ4n) is 5.61. The highest BCUT2D eigenvalue weighted by Crippen LogP contribution is 2.40. The molecule has 242 valence electrons. The van der Waals surface area contributed by atoms with Crippen molar-refractivity contribution in [3.05, 3.63) is 108 Å². The van der Waals surface area contributed by atoms with Crippen LogP contribution in [0.5, 0.6) is 0 Å². The van der Waals surface area contributed by atoms with Crippen LogP contribution < -0.4 is 11.1 Å². The number of nitrogens with zero attached hydrogens (tertiary/aromatic N) is 2. The molecule has 3 N–H and O–H groups in total. The van der Waals surface area contributed by atoms with Crippen molar-refractivity contribution < 1.29 is 31.6 Å². The van der Waals surface area contributed by atoms with Crippen LogP contribution in [0.15, 0.2) is 83.4 Å². The second-order valence-electron chi connectivity index (χ2n) is 11.8. The number of alkyl halides is 2. The molecule has 0 atom stereocenters. The molecule has 11 heteroatoms. The molecule has 3 heterocycles. The molecular formula is C36H32F4N4O3. The van der Waals surface area contributed by atoms with Gasteiger partial charge in [-0.05, 0) is 84.0 Å². The van der Waals surface area contributed by atoms with E-state index in [0.29, 0.717) is 45.6 Å². The predicted molar refractivity (Wildman–Crippen MR) is 171 cm³/mol. The lowest BCUT2D eigenvalue weighted by Gasteiger charge is -2.31. The Balaban J connectivity index is 0.000000327. The zero-order valence-electron chi connectivity index (χ0n) is 25.3. The fraction of sp³-hybridized carbons (Fsp3) is 0.250. The van der Waals surface area contributed by atoms with Crippen molar-refractivity contribution in [2.24, 2.45) is 0 Å². The molecule has 0 unspecified atom stereocenters. The summed E-state index contributed by atoms with van der Waals surface area (Å²) < 4.78 is 61.1. The Bertz CT molecular complexity index is 1890. The molecule has 1 saturated heterocycles. The van der Waals surface area contributed by atoms with Gasteiger partial charge in [-0.1, -0.05) is 18.2 Å². The molecular weight excluding hydrogens is 612 g/mol. The Morgan fingerprint density at radius 3 is 2.34 bits per heavy atom. The van der Waals surface area contributed by atoms with E-state index in [1.807, 2.05) is 18.3 Å². The first-order valence-electron chi connectivity index (χ1n) is 15.3. The normalized spacial score (nSPS) is 15.5. The Morgan fingerprint density at radius 2 is 1.70 bits per heavy atom. The third-order valence-corrected chi connectivity index (χ3v) is 8.35. The number of hydrogen-bond acceptors (Lipinski definition) is 5. The van der Waals surface area contributed by atoms with Gasteiger partial charge in [0.25, 0.3) is 11.8 Å². The number of nitrogens with two attached hydrogens (primary N) is 1. The van der Waals surface area contributed by atoms with Crippen molar-refractivity contribution in [2.45, 2.75) is 44.1 Å². The number of benzene rings is 3. The molecule has 2 aromatic heterocycles. The molecule has 0 spiro atoms. The standard InChI is InChI=1S/C28H22F4N2O3.C8H10N2/c29-21-5-6-23(25(30)14-21)24-13-19(11-20-12-22(15-33-16-35)37-26(20)24)17-1-3-18(4-2-17)27(36)34-9-7-28(31,32)8-10-34;9-8-4-3-7(5-10-8)6-1-2-6/h1-6,11-14,16H,7-10,15H2,(H,33,35);3-6H,1-2H2,(H2,9,10). The molecule has 0 radical (unpaired) electrons. The Morgan fingerprint density at radius 1 is 0.957 bits per heavy atom. The number of aromatic nitrogens is 1. The van der Waals surface area contributed by atoms with E-state index in [-0.39, 0.29) is 43.9 Å². The van der Waals surface area contributed by atoms with Crippen molar-refractivity contribution in [3.8, 4) is 22.3 Å². The summed E-state index contributed by atoms with van der Waals surface area (Å²) in [6, 6.07) is 19.2. The number of carbonyl (C=O) groups is 2. The van der Waals surface area contributed by atoms with E-state index < -0.39 is 17.6 Å². The van der Waals surface area contributed by atoms with E-state index in [4.69, 9.17) is 10.2 Å². The van der Waals surface area contributed by atoms with Gasteiger partial charge in [-0.2, -0.15) is 0 Å². The number of rotatable bonds is 7. The second kappa shape index (κ2) is 13.3. The molecule has 47 heavy (non-hydrogen) atoms. The van der Waals surface area contributed by atoms with Crippen LogP contribution in [0.3, 0.4) is 0 Å². The van der Waals surface area contributed by atoms with E-state index >= 15 is 0 Å². The van der Waals surface area contributed by atoms with Crippen LogP contribution in [0, 0.1) is 11.6 Å². The zero-order valence-corrected chi connectivity index (χ0v) is 25.3. The van der Waals surface area contributed by atoms with E-state index in [2.05, 4.69) is 16.4 Å². The smallest absolute Gasteiger partial charge is 0.253 e. The molecule has 2 fully saturated rings. The van der Waals surface area contributed by atoms with Gasteiger partial charge in [0.2, 0.25) is 6.41 Å². The Hall–Kier alpha value is -5.19. The number of nitrogens with one attached hydrogen (secondary N) is 1. The van der Waals surface area contributed by atoms with Crippen LogP contribution in [-0.2, 0) is 11.3 Å². The first-order chi connectivity index (χ1) is 22.6. The first kappa shape index (κ1) is 31.8. The maximum Gasteiger partial charge on any atom is 0.253 e. The molecule has 5 aromatic rings. The number of likely N-dealkylation sites (tertiary alicyclic amines) is 1. The summed E-state index contributed by atoms with van der Waals surface area (Å²) in [5, 5.41) is 3.17. The van der Waals surface area contributed by atoms with Gasteiger partial charge in [0.15, 0.2) is 0 Å². The quantitative estimate of drug-likeness (QED) is 0.140. The second-order valence-corrected chi connectivity index (χ2v) is 11.8. The summed E-state index contributed by atoms with van der Waals surface area (Å²) in [6.45, 7) is 0.134. The van der Waals surface area contributed by atoms with Crippen LogP contribution in [0.25, 0.3) is 33.2 Å². The molecule has 1 aliphatic carbocycles. The van der Waals surface area contributed by atoms with Gasteiger partial charge < -0.3 is 20.4 Å². The van der Waals surface area contributed by atoms with Crippen molar-refractivity contribution >= 4 is 29.1 Å². The minimum absolute atomic E-state index is 0.00136. The van der Waals surface area contributed by atoms with Crippen molar-refractivity contribution in [3.63, 3.8) is 0 Å². The SMILES string of the molecule is Nc1ccc(C2CC2)cn1.O=CNCc1cc2cc(-c3ccc(C(=O)N4CCC(F)(F)CC4)cc3)cc(-c3ccc(F)cc3F)c2o1. The maximum atomic E-state index is 14.7. The zero-order chi connectivity index (χ0) is 33.1. The summed E-state index contributed by atoms with van der Waals surface area (Å²) in [6.07, 6.45) is 4.37. The lowest BCUT2D eigenvalue weighted by atomic mass is 9.95. The number of furan rings is 1. The van der Waals surface area contributed by atoms with Crippen LogP contribution in [-0.4, -0.2) is 41.2 Å². The third kappa shape index (κ3) is 7.45. The number of fused-ring (bicyclic) bond motifs is 1. The van der Waals surface area contributed by atoms with E-state index in [1.165, 1.54) is 29.4 Å². The van der Waals surface area contributed by atoms with Gasteiger partial charge in [0.05, 0.1) is 6.54 Å². The lowest BCUT2D eigenvalue weighted by Crippen LogP contribution is -2.42. The predicted octanol–water partition coefficient (Wildman–Crippen LogP) is 7.70. The van der Waals surface area contributed by atoms with Gasteiger partial charge in [-0.3, -0.25) is 9.59 Å². The summed E-state index contributed by atoms with van der Waals surface area (Å²) in [5.74, 6) is -2.66. The van der Waals surface area contributed by atoms with Gasteiger partial charge in [0, 0.05) is 60.3 Å². The number of anilines is 1. The number of hydrogen-bond donors (Lipinski definition) is 2. The highest BCUT2D eigenvalue weighted by atomic mass is 19.3. The van der Waals surface area contributed by atoms with Crippen LogP contribution in [0.1, 0.15) is 53.3 Å². The van der Waals surface area contributed by atoms with Crippen molar-refractivity contribution in [1.29, 1.82) is 0 Å². The first-order valence-corrected chi connectivity index (χ1v) is 15.3. The molecule has 1 saturated carbocycles. The average Bonchev–Trinajstić information content (AvgIpc) is 3.83. The molecule has 2 aliphatic rings. The minimum Gasteiger partial charge on any atom is -0.459 e. The summed E-state index contributed by atoms with van der Waals surface area (Å²) >= 11 is 0. The molecule has 3 aromatic carbocycles. The number of pyridine rings is 1. The summed E-state index contributed by atoms with van der Waals surface area (Å²) in [4.78, 5) is 28.9. The number of carbonyl (C=O) groups excluding carboxylic acids is 2. The highest BCUT2D eigenvalue weighted by molar-refractivity contribution is 5.98. The van der Waals surface area contributed by atoms with Gasteiger partial charge in [-0.25, -0.2) is 22.5 Å². The van der Waals surface area contributed by atoms with Crippen molar-refractivity contribution in [1.82, 2.24) is 15.2 Å². The summed E-state index contributed by atoms with van der Waals surface area (Å²) in [7, 11) is 0. The van der Waals surface area contributed by atoms with Crippen LogP contribution >= 0.6 is 0 Å². The number of amides is 2. The number of piperidine rings is 1. The number of halogens is 4. The van der Waals surface area contributed by atoms with E-state index in [1.54, 1.807) is 36.4 Å². The molecule has 7 rings (SSSR count). The monoisotopic (exact) mass is 644 g/mol. The lowest BCUT2D eigenvalue weighted by molar-refractivity contribution is -0.109. The van der Waals surface area contributed by atoms with Crippen LogP contribution in [0.2, 0.25) is 0 Å². The molecule has 7 nitrogen and oxygen atoms in total. The Labute approximate surface area is 268 Å². The van der Waals surface area contributed by atoms with Crippen LogP contribution in [0.4, 0.5) is 23.4 Å². The van der Waals surface area contributed by atoms with Gasteiger partial charge >= 0.3 is 0 Å². The maximum absolute atomic E-state index is 14.7. The van der Waals surface area contributed by atoms with Gasteiger partial charge in [0.1, 0.15) is 28.8 Å².